The largest absolute Gasteiger partial charge is 0.476 e. The SMILES string of the molecule is Cc1sc(Nc2ccc3c(c2)COC3)nc1C(=O)O. The Morgan fingerprint density at radius 3 is 2.95 bits per heavy atom. The van der Waals surface area contributed by atoms with Crippen molar-refractivity contribution in [1.29, 1.82) is 0 Å². The highest BCUT2D eigenvalue weighted by atomic mass is 32.1. The van der Waals surface area contributed by atoms with Gasteiger partial charge in [0.25, 0.3) is 0 Å². The van der Waals surface area contributed by atoms with Crippen molar-refractivity contribution in [2.45, 2.75) is 20.1 Å². The van der Waals surface area contributed by atoms with Gasteiger partial charge in [0, 0.05) is 10.6 Å². The number of aryl methyl sites for hydroxylation is 1. The molecule has 0 saturated carbocycles. The Labute approximate surface area is 113 Å². The van der Waals surface area contributed by atoms with Gasteiger partial charge < -0.3 is 15.2 Å². The van der Waals surface area contributed by atoms with E-state index in [9.17, 15) is 4.79 Å². The zero-order chi connectivity index (χ0) is 13.4. The van der Waals surface area contributed by atoms with Crippen LogP contribution in [0.1, 0.15) is 26.5 Å². The molecule has 2 heterocycles. The van der Waals surface area contributed by atoms with Gasteiger partial charge in [0.05, 0.1) is 13.2 Å². The first kappa shape index (κ1) is 12.1. The van der Waals surface area contributed by atoms with E-state index in [0.717, 1.165) is 11.3 Å². The van der Waals surface area contributed by atoms with Crippen molar-refractivity contribution in [3.63, 3.8) is 0 Å². The van der Waals surface area contributed by atoms with Crippen LogP contribution in [-0.2, 0) is 18.0 Å². The molecule has 0 unspecified atom stereocenters. The third kappa shape index (κ3) is 2.32. The van der Waals surface area contributed by atoms with Crippen molar-refractivity contribution in [2.75, 3.05) is 5.32 Å². The van der Waals surface area contributed by atoms with Gasteiger partial charge in [0.1, 0.15) is 0 Å². The molecule has 2 aromatic rings. The standard InChI is InChI=1S/C13H12N2O3S/c1-7-11(12(16)17)15-13(19-7)14-10-3-2-8-5-18-6-9(8)4-10/h2-4H,5-6H2,1H3,(H,14,15)(H,16,17). The second-order valence-corrected chi connectivity index (χ2v) is 5.53. The first-order chi connectivity index (χ1) is 9.13. The number of anilines is 2. The third-order valence-corrected chi connectivity index (χ3v) is 3.86. The van der Waals surface area contributed by atoms with E-state index in [1.54, 1.807) is 6.92 Å². The highest BCUT2D eigenvalue weighted by Gasteiger charge is 2.15. The van der Waals surface area contributed by atoms with E-state index in [2.05, 4.69) is 10.3 Å². The summed E-state index contributed by atoms with van der Waals surface area (Å²) in [5, 5.41) is 12.7. The van der Waals surface area contributed by atoms with Crippen molar-refractivity contribution in [3.8, 4) is 0 Å². The van der Waals surface area contributed by atoms with Crippen LogP contribution < -0.4 is 5.32 Å². The smallest absolute Gasteiger partial charge is 0.355 e. The average Bonchev–Trinajstić information content (AvgIpc) is 2.95. The Balaban J connectivity index is 1.85. The van der Waals surface area contributed by atoms with Crippen LogP contribution >= 0.6 is 11.3 Å². The number of nitrogens with zero attached hydrogens (tertiary/aromatic N) is 1. The minimum atomic E-state index is -0.996. The molecule has 1 aromatic carbocycles. The van der Waals surface area contributed by atoms with Gasteiger partial charge in [0.15, 0.2) is 10.8 Å². The highest BCUT2D eigenvalue weighted by Crippen LogP contribution is 2.28. The summed E-state index contributed by atoms with van der Waals surface area (Å²) in [6, 6.07) is 5.98. The van der Waals surface area contributed by atoms with Gasteiger partial charge >= 0.3 is 5.97 Å². The van der Waals surface area contributed by atoms with Crippen molar-refractivity contribution in [2.24, 2.45) is 0 Å². The van der Waals surface area contributed by atoms with E-state index < -0.39 is 5.97 Å². The lowest BCUT2D eigenvalue weighted by Gasteiger charge is -2.04. The first-order valence-electron chi connectivity index (χ1n) is 5.81. The molecule has 0 saturated heterocycles. The maximum absolute atomic E-state index is 10.9. The van der Waals surface area contributed by atoms with Gasteiger partial charge in [-0.15, -0.1) is 11.3 Å². The van der Waals surface area contributed by atoms with Gasteiger partial charge in [0.2, 0.25) is 0 Å². The van der Waals surface area contributed by atoms with Crippen molar-refractivity contribution in [3.05, 3.63) is 39.9 Å². The number of aromatic nitrogens is 1. The molecule has 0 spiro atoms. The molecular formula is C13H12N2O3S. The molecule has 2 N–H and O–H groups in total. The number of hydrogen-bond acceptors (Lipinski definition) is 5. The van der Waals surface area contributed by atoms with Gasteiger partial charge in [-0.2, -0.15) is 0 Å². The van der Waals surface area contributed by atoms with E-state index in [4.69, 9.17) is 9.84 Å². The van der Waals surface area contributed by atoms with Crippen molar-refractivity contribution >= 4 is 28.1 Å². The molecule has 3 rings (SSSR count). The molecule has 98 valence electrons. The van der Waals surface area contributed by atoms with Gasteiger partial charge in [-0.1, -0.05) is 6.07 Å². The Kier molecular flexibility index (Phi) is 2.96. The molecule has 1 aliphatic rings. The summed E-state index contributed by atoms with van der Waals surface area (Å²) in [5.74, 6) is -0.996. The van der Waals surface area contributed by atoms with E-state index in [0.29, 0.717) is 23.2 Å². The van der Waals surface area contributed by atoms with Crippen LogP contribution in [-0.4, -0.2) is 16.1 Å². The molecule has 0 bridgehead atoms. The monoisotopic (exact) mass is 276 g/mol. The van der Waals surface area contributed by atoms with E-state index in [-0.39, 0.29) is 5.69 Å². The molecule has 0 fully saturated rings. The Hall–Kier alpha value is -1.92. The molecule has 6 heteroatoms. The highest BCUT2D eigenvalue weighted by molar-refractivity contribution is 7.15. The summed E-state index contributed by atoms with van der Waals surface area (Å²) in [6.07, 6.45) is 0. The average molecular weight is 276 g/mol. The summed E-state index contributed by atoms with van der Waals surface area (Å²) in [5.41, 5.74) is 3.37. The Morgan fingerprint density at radius 1 is 1.42 bits per heavy atom. The number of benzene rings is 1. The fourth-order valence-electron chi connectivity index (χ4n) is 2.02. The molecule has 0 atom stereocenters. The van der Waals surface area contributed by atoms with E-state index in [1.807, 2.05) is 18.2 Å². The number of hydrogen-bond donors (Lipinski definition) is 2. The molecule has 1 aromatic heterocycles. The molecule has 0 aliphatic carbocycles. The maximum atomic E-state index is 10.9. The van der Waals surface area contributed by atoms with Crippen LogP contribution in [0.2, 0.25) is 0 Å². The molecule has 5 nitrogen and oxygen atoms in total. The van der Waals surface area contributed by atoms with Crippen LogP contribution in [0.4, 0.5) is 10.8 Å². The number of nitrogens with one attached hydrogen (secondary N) is 1. The number of carboxylic acid groups (broad SMARTS) is 1. The minimum absolute atomic E-state index is 0.108. The van der Waals surface area contributed by atoms with E-state index in [1.165, 1.54) is 16.9 Å². The van der Waals surface area contributed by atoms with E-state index >= 15 is 0 Å². The zero-order valence-corrected chi connectivity index (χ0v) is 11.1. The number of thiazole rings is 1. The molecular weight excluding hydrogens is 264 g/mol. The number of ether oxygens (including phenoxy) is 1. The first-order valence-corrected chi connectivity index (χ1v) is 6.62. The van der Waals surface area contributed by atoms with Crippen LogP contribution in [0.15, 0.2) is 18.2 Å². The van der Waals surface area contributed by atoms with Crippen LogP contribution in [0.3, 0.4) is 0 Å². The normalized spacial score (nSPS) is 13.3. The molecule has 0 radical (unpaired) electrons. The predicted octanol–water partition coefficient (Wildman–Crippen LogP) is 2.92. The van der Waals surface area contributed by atoms with Gasteiger partial charge in [-0.05, 0) is 30.2 Å². The zero-order valence-electron chi connectivity index (χ0n) is 10.3. The fourth-order valence-corrected chi connectivity index (χ4v) is 2.85. The summed E-state index contributed by atoms with van der Waals surface area (Å²) in [4.78, 5) is 15.7. The van der Waals surface area contributed by atoms with Crippen molar-refractivity contribution in [1.82, 2.24) is 4.98 Å². The molecule has 19 heavy (non-hydrogen) atoms. The second-order valence-electron chi connectivity index (χ2n) is 4.33. The lowest BCUT2D eigenvalue weighted by atomic mass is 10.1. The van der Waals surface area contributed by atoms with Crippen LogP contribution in [0, 0.1) is 6.92 Å². The summed E-state index contributed by atoms with van der Waals surface area (Å²) >= 11 is 1.34. The summed E-state index contributed by atoms with van der Waals surface area (Å²) in [6.45, 7) is 3.04. The quantitative estimate of drug-likeness (QED) is 0.901. The number of rotatable bonds is 3. The lowest BCUT2D eigenvalue weighted by Crippen LogP contribution is -1.99. The summed E-state index contributed by atoms with van der Waals surface area (Å²) < 4.78 is 5.36. The Morgan fingerprint density at radius 2 is 2.21 bits per heavy atom. The summed E-state index contributed by atoms with van der Waals surface area (Å²) in [7, 11) is 0. The van der Waals surface area contributed by atoms with Gasteiger partial charge in [-0.3, -0.25) is 0 Å². The molecule has 0 amide bonds. The second kappa shape index (κ2) is 4.64. The van der Waals surface area contributed by atoms with Crippen LogP contribution in [0.25, 0.3) is 0 Å². The fraction of sp³-hybridized carbons (Fsp3) is 0.231. The topological polar surface area (TPSA) is 71.5 Å². The number of fused-ring (bicyclic) bond motifs is 1. The maximum Gasteiger partial charge on any atom is 0.355 e. The molecule has 1 aliphatic heterocycles. The van der Waals surface area contributed by atoms with Crippen LogP contribution in [0.5, 0.6) is 0 Å². The minimum Gasteiger partial charge on any atom is -0.476 e. The number of aromatic carboxylic acids is 1. The third-order valence-electron chi connectivity index (χ3n) is 2.97. The van der Waals surface area contributed by atoms with Crippen molar-refractivity contribution < 1.29 is 14.6 Å². The lowest BCUT2D eigenvalue weighted by molar-refractivity contribution is 0.0690. The number of carboxylic acids is 1. The predicted molar refractivity (Wildman–Crippen MR) is 72.0 cm³/mol. The number of carbonyl (C=O) groups is 1. The Bertz CT molecular complexity index is 651. The van der Waals surface area contributed by atoms with Gasteiger partial charge in [-0.25, -0.2) is 9.78 Å².